The maximum Gasteiger partial charge on any atom is 0.140 e. The number of hydrogen-bond acceptors (Lipinski definition) is 6. The van der Waals surface area contributed by atoms with Crippen LogP contribution in [0, 0.1) is 5.41 Å². The number of hydrogen-bond donors (Lipinski definition) is 3. The molecule has 6 nitrogen and oxygen atoms in total. The first-order chi connectivity index (χ1) is 11.7. The lowest BCUT2D eigenvalue weighted by atomic mass is 10.0. The van der Waals surface area contributed by atoms with Crippen LogP contribution in [0.5, 0.6) is 11.5 Å². The van der Waals surface area contributed by atoms with E-state index in [4.69, 9.17) is 15.9 Å². The molecule has 3 aromatic rings. The number of nitrogens with two attached hydrogens (primary N) is 1. The van der Waals surface area contributed by atoms with Crippen molar-refractivity contribution in [2.24, 2.45) is 0 Å². The SMILES string of the molecule is CNc1ncnc(N)c1C(=N)c1ccc(Oc2ccccc2)cc1. The number of nitrogens with one attached hydrogen (secondary N) is 2. The van der Waals surface area contributed by atoms with Crippen LogP contribution >= 0.6 is 0 Å². The molecule has 0 radical (unpaired) electrons. The van der Waals surface area contributed by atoms with Crippen molar-refractivity contribution in [3.05, 3.63) is 72.1 Å². The Balaban J connectivity index is 1.85. The summed E-state index contributed by atoms with van der Waals surface area (Å²) < 4.78 is 5.76. The highest BCUT2D eigenvalue weighted by molar-refractivity contribution is 6.16. The lowest BCUT2D eigenvalue weighted by Gasteiger charge is -2.12. The topological polar surface area (TPSA) is 96.9 Å². The second-order valence-electron chi connectivity index (χ2n) is 5.05. The van der Waals surface area contributed by atoms with E-state index in [2.05, 4.69) is 15.3 Å². The van der Waals surface area contributed by atoms with E-state index in [0.29, 0.717) is 22.7 Å². The van der Waals surface area contributed by atoms with E-state index in [9.17, 15) is 0 Å². The Labute approximate surface area is 139 Å². The van der Waals surface area contributed by atoms with Gasteiger partial charge in [0.15, 0.2) is 0 Å². The van der Waals surface area contributed by atoms with E-state index in [-0.39, 0.29) is 11.5 Å². The van der Waals surface area contributed by atoms with Gasteiger partial charge in [0.2, 0.25) is 0 Å². The van der Waals surface area contributed by atoms with E-state index >= 15 is 0 Å². The third-order valence-corrected chi connectivity index (χ3v) is 3.49. The van der Waals surface area contributed by atoms with Gasteiger partial charge in [0.05, 0.1) is 11.3 Å². The van der Waals surface area contributed by atoms with Gasteiger partial charge in [0.1, 0.15) is 29.5 Å². The van der Waals surface area contributed by atoms with Crippen molar-refractivity contribution < 1.29 is 4.74 Å². The zero-order valence-electron chi connectivity index (χ0n) is 13.2. The standard InChI is InChI=1S/C18H17N5O/c1-21-18-15(17(20)22-11-23-18)16(19)12-7-9-14(10-8-12)24-13-5-3-2-4-6-13/h2-11,19H,1H3,(H3,20,21,22,23). The van der Waals surface area contributed by atoms with Crippen LogP contribution in [-0.2, 0) is 0 Å². The molecule has 24 heavy (non-hydrogen) atoms. The second kappa shape index (κ2) is 6.78. The molecule has 6 heteroatoms. The summed E-state index contributed by atoms with van der Waals surface area (Å²) in [7, 11) is 1.73. The molecule has 4 N–H and O–H groups in total. The first-order valence-corrected chi connectivity index (χ1v) is 7.39. The molecule has 1 aromatic heterocycles. The third kappa shape index (κ3) is 3.17. The average molecular weight is 319 g/mol. The van der Waals surface area contributed by atoms with Gasteiger partial charge < -0.3 is 15.8 Å². The smallest absolute Gasteiger partial charge is 0.140 e. The minimum absolute atomic E-state index is 0.253. The summed E-state index contributed by atoms with van der Waals surface area (Å²) in [4.78, 5) is 8.08. The minimum atomic E-state index is 0.253. The molecule has 2 aromatic carbocycles. The van der Waals surface area contributed by atoms with E-state index in [1.807, 2.05) is 54.6 Å². The van der Waals surface area contributed by atoms with Crippen LogP contribution in [0.1, 0.15) is 11.1 Å². The van der Waals surface area contributed by atoms with Crippen LogP contribution in [0.15, 0.2) is 60.9 Å². The number of para-hydroxylation sites is 1. The van der Waals surface area contributed by atoms with Crippen molar-refractivity contribution in [3.8, 4) is 11.5 Å². The molecular weight excluding hydrogens is 302 g/mol. The molecule has 0 aliphatic carbocycles. The van der Waals surface area contributed by atoms with Crippen LogP contribution < -0.4 is 15.8 Å². The molecule has 0 spiro atoms. The second-order valence-corrected chi connectivity index (χ2v) is 5.05. The Morgan fingerprint density at radius 2 is 1.67 bits per heavy atom. The Morgan fingerprint density at radius 3 is 2.33 bits per heavy atom. The van der Waals surface area contributed by atoms with E-state index < -0.39 is 0 Å². The molecule has 120 valence electrons. The summed E-state index contributed by atoms with van der Waals surface area (Å²) in [5, 5.41) is 11.3. The van der Waals surface area contributed by atoms with Gasteiger partial charge in [-0.25, -0.2) is 9.97 Å². The molecule has 0 aliphatic rings. The van der Waals surface area contributed by atoms with Crippen LogP contribution in [0.25, 0.3) is 0 Å². The first kappa shape index (κ1) is 15.5. The Kier molecular flexibility index (Phi) is 4.38. The highest BCUT2D eigenvalue weighted by Gasteiger charge is 2.15. The highest BCUT2D eigenvalue weighted by Crippen LogP contribution is 2.24. The fourth-order valence-corrected chi connectivity index (χ4v) is 2.29. The van der Waals surface area contributed by atoms with Gasteiger partial charge in [-0.05, 0) is 36.4 Å². The first-order valence-electron chi connectivity index (χ1n) is 7.39. The molecule has 3 rings (SSSR count). The molecule has 0 fully saturated rings. The third-order valence-electron chi connectivity index (χ3n) is 3.49. The quantitative estimate of drug-likeness (QED) is 0.627. The number of anilines is 2. The molecule has 0 aliphatic heterocycles. The van der Waals surface area contributed by atoms with Crippen molar-refractivity contribution in [2.45, 2.75) is 0 Å². The number of rotatable bonds is 5. The summed E-state index contributed by atoms with van der Waals surface area (Å²) in [6, 6.07) is 16.8. The molecule has 0 bridgehead atoms. The Morgan fingerprint density at radius 1 is 1.00 bits per heavy atom. The van der Waals surface area contributed by atoms with Crippen molar-refractivity contribution in [1.82, 2.24) is 9.97 Å². The number of nitrogens with zero attached hydrogens (tertiary/aromatic N) is 2. The van der Waals surface area contributed by atoms with Gasteiger partial charge in [0.25, 0.3) is 0 Å². The van der Waals surface area contributed by atoms with E-state index in [0.717, 1.165) is 5.75 Å². The maximum atomic E-state index is 8.41. The summed E-state index contributed by atoms with van der Waals surface area (Å²) in [5.41, 5.74) is 7.35. The van der Waals surface area contributed by atoms with Gasteiger partial charge in [-0.2, -0.15) is 0 Å². The van der Waals surface area contributed by atoms with Gasteiger partial charge in [0, 0.05) is 12.6 Å². The zero-order chi connectivity index (χ0) is 16.9. The molecule has 0 saturated heterocycles. The number of benzene rings is 2. The van der Waals surface area contributed by atoms with Crippen LogP contribution in [0.4, 0.5) is 11.6 Å². The predicted octanol–water partition coefficient (Wildman–Crippen LogP) is 3.31. The Hall–Kier alpha value is -3.41. The molecule has 0 saturated carbocycles. The largest absolute Gasteiger partial charge is 0.457 e. The maximum absolute atomic E-state index is 8.41. The minimum Gasteiger partial charge on any atom is -0.457 e. The fourth-order valence-electron chi connectivity index (χ4n) is 2.29. The highest BCUT2D eigenvalue weighted by atomic mass is 16.5. The van der Waals surface area contributed by atoms with E-state index in [1.165, 1.54) is 6.33 Å². The van der Waals surface area contributed by atoms with Crippen molar-refractivity contribution in [3.63, 3.8) is 0 Å². The van der Waals surface area contributed by atoms with Gasteiger partial charge >= 0.3 is 0 Å². The summed E-state index contributed by atoms with van der Waals surface area (Å²) in [5.74, 6) is 2.25. The monoisotopic (exact) mass is 319 g/mol. The normalized spacial score (nSPS) is 10.2. The summed E-state index contributed by atoms with van der Waals surface area (Å²) >= 11 is 0. The molecule has 0 unspecified atom stereocenters. The number of nitrogen functional groups attached to an aromatic ring is 1. The zero-order valence-corrected chi connectivity index (χ0v) is 13.2. The number of aromatic nitrogens is 2. The lowest BCUT2D eigenvalue weighted by molar-refractivity contribution is 0.482. The van der Waals surface area contributed by atoms with Crippen LogP contribution in [-0.4, -0.2) is 22.7 Å². The lowest BCUT2D eigenvalue weighted by Crippen LogP contribution is -2.12. The Bertz CT molecular complexity index is 847. The average Bonchev–Trinajstić information content (AvgIpc) is 2.62. The van der Waals surface area contributed by atoms with Gasteiger partial charge in [-0.15, -0.1) is 0 Å². The summed E-state index contributed by atoms with van der Waals surface area (Å²) in [6.45, 7) is 0. The van der Waals surface area contributed by atoms with Crippen molar-refractivity contribution in [1.29, 1.82) is 5.41 Å². The van der Waals surface area contributed by atoms with Crippen molar-refractivity contribution >= 4 is 17.3 Å². The molecule has 0 amide bonds. The van der Waals surface area contributed by atoms with Crippen LogP contribution in [0.3, 0.4) is 0 Å². The summed E-state index contributed by atoms with van der Waals surface area (Å²) in [6.07, 6.45) is 1.37. The van der Waals surface area contributed by atoms with Gasteiger partial charge in [-0.1, -0.05) is 18.2 Å². The fraction of sp³-hybridized carbons (Fsp3) is 0.0556. The predicted molar refractivity (Wildman–Crippen MR) is 94.9 cm³/mol. The van der Waals surface area contributed by atoms with E-state index in [1.54, 1.807) is 7.05 Å². The number of ether oxygens (including phenoxy) is 1. The van der Waals surface area contributed by atoms with Crippen molar-refractivity contribution in [2.75, 3.05) is 18.1 Å². The molecule has 1 heterocycles. The van der Waals surface area contributed by atoms with Gasteiger partial charge in [-0.3, -0.25) is 5.41 Å². The molecule has 0 atom stereocenters. The van der Waals surface area contributed by atoms with Crippen LogP contribution in [0.2, 0.25) is 0 Å². The molecular formula is C18H17N5O.